The second-order valence-electron chi connectivity index (χ2n) is 5.10. The molecule has 0 bridgehead atoms. The predicted molar refractivity (Wildman–Crippen MR) is 129 cm³/mol. The van der Waals surface area contributed by atoms with Crippen LogP contribution in [0.2, 0.25) is 0 Å². The van der Waals surface area contributed by atoms with Crippen molar-refractivity contribution in [2.45, 2.75) is 81.2 Å². The molecule has 2 rings (SSSR count). The fourth-order valence-corrected chi connectivity index (χ4v) is 1.65. The van der Waals surface area contributed by atoms with Gasteiger partial charge in [-0.05, 0) is 19.4 Å². The Morgan fingerprint density at radius 1 is 0.793 bits per heavy atom. The number of rotatable bonds is 3. The number of aliphatic carboxylic acids is 1. The first-order valence-electron chi connectivity index (χ1n) is 10.6. The largest absolute Gasteiger partial charge is 0.481 e. The second kappa shape index (κ2) is 25.4. The molecule has 0 heterocycles. The molecule has 0 fully saturated rings. The number of carboxylic acid groups (broad SMARTS) is 1. The number of nitrogens with zero attached hydrogens (tertiary/aromatic N) is 1. The molecule has 2 aromatic carbocycles. The van der Waals surface area contributed by atoms with Gasteiger partial charge in [0.1, 0.15) is 0 Å². The lowest BCUT2D eigenvalue weighted by Crippen LogP contribution is -2.28. The fourth-order valence-electron chi connectivity index (χ4n) is 1.65. The highest BCUT2D eigenvalue weighted by atomic mass is 16.4. The number of hydrogen-bond acceptors (Lipinski definition) is 1. The zero-order chi connectivity index (χ0) is 23.7. The molecule has 0 radical (unpaired) electrons. The fraction of sp³-hybridized carbons (Fsp3) is 0.462. The van der Waals surface area contributed by atoms with Crippen LogP contribution in [0.15, 0.2) is 60.7 Å². The van der Waals surface area contributed by atoms with Crippen LogP contribution < -0.4 is 0 Å². The second-order valence-corrected chi connectivity index (χ2v) is 5.10. The first-order valence-corrected chi connectivity index (χ1v) is 10.6. The Morgan fingerprint density at radius 3 is 1.45 bits per heavy atom. The molecule has 0 amide bonds. The number of carbonyl (C=O) groups is 1. The lowest BCUT2D eigenvalue weighted by Gasteiger charge is -2.18. The SMILES string of the molecule is CC.CC.CC.CC.CC(C)(C(=O)O)c1ccccc1.[C-]#[N+]Cc1ccccc1. The van der Waals surface area contributed by atoms with Crippen molar-refractivity contribution in [2.24, 2.45) is 0 Å². The van der Waals surface area contributed by atoms with E-state index in [1.165, 1.54) is 0 Å². The van der Waals surface area contributed by atoms with Gasteiger partial charge in [0.15, 0.2) is 0 Å². The Balaban J connectivity index is -0.000000163. The van der Waals surface area contributed by atoms with Gasteiger partial charge in [0.05, 0.1) is 5.41 Å². The molecule has 0 unspecified atom stereocenters. The van der Waals surface area contributed by atoms with Gasteiger partial charge >= 0.3 is 5.97 Å². The van der Waals surface area contributed by atoms with E-state index in [4.69, 9.17) is 11.7 Å². The van der Waals surface area contributed by atoms with Crippen molar-refractivity contribution in [1.82, 2.24) is 0 Å². The van der Waals surface area contributed by atoms with Gasteiger partial charge in [-0.1, -0.05) is 116 Å². The minimum absolute atomic E-state index is 0.501. The molecule has 0 spiro atoms. The summed E-state index contributed by atoms with van der Waals surface area (Å²) in [5, 5.41) is 8.89. The molecule has 3 heteroatoms. The number of benzene rings is 2. The van der Waals surface area contributed by atoms with Crippen molar-refractivity contribution in [3.8, 4) is 0 Å². The van der Waals surface area contributed by atoms with Crippen molar-refractivity contribution in [2.75, 3.05) is 0 Å². The quantitative estimate of drug-likeness (QED) is 0.526. The molecular weight excluding hydrogens is 358 g/mol. The number of hydrogen-bond donors (Lipinski definition) is 1. The van der Waals surface area contributed by atoms with Crippen LogP contribution in [0.3, 0.4) is 0 Å². The van der Waals surface area contributed by atoms with E-state index in [0.717, 1.165) is 11.1 Å². The van der Waals surface area contributed by atoms with Crippen molar-refractivity contribution in [3.63, 3.8) is 0 Å². The van der Waals surface area contributed by atoms with Crippen molar-refractivity contribution < 1.29 is 9.90 Å². The molecule has 0 saturated heterocycles. The standard InChI is InChI=1S/C10H12O2.C8H7N.4C2H6/c1-10(2,9(11)12)8-6-4-3-5-7-8;1-9-7-8-5-3-2-4-6-8;4*1-2/h3-7H,1-2H3,(H,11,12);2-6H,7H2;4*1-2H3. The molecule has 0 aromatic heterocycles. The van der Waals surface area contributed by atoms with Gasteiger partial charge in [-0.25, -0.2) is 6.57 Å². The third-order valence-electron chi connectivity index (χ3n) is 3.13. The molecule has 0 atom stereocenters. The monoisotopic (exact) mass is 401 g/mol. The van der Waals surface area contributed by atoms with E-state index >= 15 is 0 Å². The summed E-state index contributed by atoms with van der Waals surface area (Å²) in [5.74, 6) is -0.797. The molecule has 0 aliphatic heterocycles. The van der Waals surface area contributed by atoms with Gasteiger partial charge < -0.3 is 9.95 Å². The highest BCUT2D eigenvalue weighted by molar-refractivity contribution is 5.80. The highest BCUT2D eigenvalue weighted by Gasteiger charge is 2.28. The average Bonchev–Trinajstić information content (AvgIpc) is 2.81. The Labute approximate surface area is 180 Å². The molecule has 1 N–H and O–H groups in total. The van der Waals surface area contributed by atoms with Gasteiger partial charge in [-0.3, -0.25) is 4.79 Å². The van der Waals surface area contributed by atoms with Gasteiger partial charge in [0, 0.05) is 5.56 Å². The van der Waals surface area contributed by atoms with Crippen LogP contribution in [0.4, 0.5) is 0 Å². The van der Waals surface area contributed by atoms with Crippen molar-refractivity contribution >= 4 is 5.97 Å². The van der Waals surface area contributed by atoms with E-state index in [2.05, 4.69) is 4.85 Å². The molecule has 29 heavy (non-hydrogen) atoms. The minimum Gasteiger partial charge on any atom is -0.481 e. The van der Waals surface area contributed by atoms with E-state index in [9.17, 15) is 4.79 Å². The maximum absolute atomic E-state index is 10.8. The van der Waals surface area contributed by atoms with Crippen LogP contribution in [0.25, 0.3) is 4.85 Å². The summed E-state index contributed by atoms with van der Waals surface area (Å²) in [6.45, 7) is 26.5. The van der Waals surface area contributed by atoms with E-state index in [0.29, 0.717) is 6.54 Å². The van der Waals surface area contributed by atoms with E-state index < -0.39 is 11.4 Å². The predicted octanol–water partition coefficient (Wildman–Crippen LogP) is 8.26. The molecule has 0 saturated carbocycles. The van der Waals surface area contributed by atoms with Crippen LogP contribution in [0, 0.1) is 6.57 Å². The lowest BCUT2D eigenvalue weighted by atomic mass is 9.85. The van der Waals surface area contributed by atoms with Gasteiger partial charge in [-0.15, -0.1) is 0 Å². The summed E-state index contributed by atoms with van der Waals surface area (Å²) in [7, 11) is 0. The maximum Gasteiger partial charge on any atom is 0.313 e. The van der Waals surface area contributed by atoms with E-state index in [1.807, 2.05) is 116 Å². The molecule has 0 aliphatic rings. The van der Waals surface area contributed by atoms with Crippen LogP contribution >= 0.6 is 0 Å². The summed E-state index contributed by atoms with van der Waals surface area (Å²) >= 11 is 0. The van der Waals surface area contributed by atoms with Gasteiger partial charge in [-0.2, -0.15) is 0 Å². The van der Waals surface area contributed by atoms with Gasteiger partial charge in [0.2, 0.25) is 6.54 Å². The van der Waals surface area contributed by atoms with Crippen LogP contribution in [-0.4, -0.2) is 11.1 Å². The third kappa shape index (κ3) is 17.2. The topological polar surface area (TPSA) is 41.7 Å². The maximum atomic E-state index is 10.8. The molecule has 2 aromatic rings. The molecule has 0 aliphatic carbocycles. The molecular formula is C26H43NO2. The zero-order valence-electron chi connectivity index (χ0n) is 20.3. The summed E-state index contributed by atoms with van der Waals surface area (Å²) in [4.78, 5) is 14.1. The lowest BCUT2D eigenvalue weighted by molar-refractivity contribution is -0.142. The van der Waals surface area contributed by atoms with Crippen LogP contribution in [0.1, 0.15) is 80.4 Å². The van der Waals surface area contributed by atoms with Crippen molar-refractivity contribution in [1.29, 1.82) is 0 Å². The highest BCUT2D eigenvalue weighted by Crippen LogP contribution is 2.22. The Morgan fingerprint density at radius 2 is 1.14 bits per heavy atom. The van der Waals surface area contributed by atoms with Crippen LogP contribution in [-0.2, 0) is 16.8 Å². The third-order valence-corrected chi connectivity index (χ3v) is 3.13. The van der Waals surface area contributed by atoms with Gasteiger partial charge in [0.25, 0.3) is 0 Å². The first kappa shape index (κ1) is 33.9. The zero-order valence-corrected chi connectivity index (χ0v) is 20.3. The minimum atomic E-state index is -0.797. The smallest absolute Gasteiger partial charge is 0.313 e. The number of carboxylic acids is 1. The van der Waals surface area contributed by atoms with Crippen LogP contribution in [0.5, 0.6) is 0 Å². The first-order chi connectivity index (χ1) is 14.0. The van der Waals surface area contributed by atoms with Crippen molar-refractivity contribution in [3.05, 3.63) is 83.2 Å². The average molecular weight is 402 g/mol. The summed E-state index contributed by atoms with van der Waals surface area (Å²) in [6.07, 6.45) is 0. The van der Waals surface area contributed by atoms with E-state index in [-0.39, 0.29) is 0 Å². The molecule has 164 valence electrons. The normalized spacial score (nSPS) is 8.03. The molecule has 3 nitrogen and oxygen atoms in total. The Bertz CT molecular complexity index is 600. The van der Waals surface area contributed by atoms with E-state index in [1.54, 1.807) is 13.8 Å². The Kier molecular flexibility index (Phi) is 29.7. The summed E-state index contributed by atoms with van der Waals surface area (Å²) < 4.78 is 0. The summed E-state index contributed by atoms with van der Waals surface area (Å²) in [5.41, 5.74) is 1.13. The summed E-state index contributed by atoms with van der Waals surface area (Å²) in [6, 6.07) is 19.0. The Hall–Kier alpha value is -2.60.